The van der Waals surface area contributed by atoms with Gasteiger partial charge in [0.15, 0.2) is 0 Å². The molecule has 0 fully saturated rings. The summed E-state index contributed by atoms with van der Waals surface area (Å²) >= 11 is 0. The van der Waals surface area contributed by atoms with E-state index in [1.165, 1.54) is 0 Å². The van der Waals surface area contributed by atoms with Crippen molar-refractivity contribution in [1.82, 2.24) is 5.32 Å². The summed E-state index contributed by atoms with van der Waals surface area (Å²) in [7, 11) is 1.56. The Labute approximate surface area is 183 Å². The number of esters is 2. The molecule has 0 saturated carbocycles. The van der Waals surface area contributed by atoms with Gasteiger partial charge in [-0.15, -0.1) is 0 Å². The van der Waals surface area contributed by atoms with Crippen molar-refractivity contribution in [1.29, 1.82) is 0 Å². The molecule has 0 radical (unpaired) electrons. The third kappa shape index (κ3) is 5.99. The number of benzene rings is 1. The summed E-state index contributed by atoms with van der Waals surface area (Å²) in [6.45, 7) is 8.60. The molecule has 0 atom stereocenters. The van der Waals surface area contributed by atoms with Gasteiger partial charge in [0.05, 0.1) is 25.0 Å². The Hall–Kier alpha value is -3.03. The Morgan fingerprint density at radius 1 is 1.23 bits per heavy atom. The molecule has 8 nitrogen and oxygen atoms in total. The summed E-state index contributed by atoms with van der Waals surface area (Å²) in [4.78, 5) is 36.5. The van der Waals surface area contributed by atoms with Gasteiger partial charge >= 0.3 is 18.0 Å². The van der Waals surface area contributed by atoms with E-state index in [-0.39, 0.29) is 12.6 Å². The number of fused-ring (bicyclic) bond motifs is 1. The smallest absolute Gasteiger partial charge is 0.341 e. The molecule has 0 bridgehead atoms. The van der Waals surface area contributed by atoms with E-state index >= 15 is 0 Å². The van der Waals surface area contributed by atoms with Gasteiger partial charge in [0, 0.05) is 24.1 Å². The summed E-state index contributed by atoms with van der Waals surface area (Å²) in [5.74, 6) is -0.0784. The average Bonchev–Trinajstić information content (AvgIpc) is 3.13. The molecule has 1 aromatic rings. The first-order valence-electron chi connectivity index (χ1n) is 10.6. The van der Waals surface area contributed by atoms with Crippen molar-refractivity contribution >= 4 is 23.7 Å². The van der Waals surface area contributed by atoms with Gasteiger partial charge in [-0.2, -0.15) is 0 Å². The summed E-state index contributed by atoms with van der Waals surface area (Å²) in [6.07, 6.45) is 4.05. The molecule has 170 valence electrons. The van der Waals surface area contributed by atoms with Gasteiger partial charge < -0.3 is 24.8 Å². The van der Waals surface area contributed by atoms with E-state index < -0.39 is 12.0 Å². The van der Waals surface area contributed by atoms with Crippen molar-refractivity contribution in [2.24, 2.45) is 0 Å². The zero-order valence-corrected chi connectivity index (χ0v) is 19.0. The molecule has 0 spiro atoms. The van der Waals surface area contributed by atoms with Crippen LogP contribution >= 0.6 is 0 Å². The van der Waals surface area contributed by atoms with E-state index in [1.807, 2.05) is 33.8 Å². The van der Waals surface area contributed by atoms with Crippen LogP contribution in [0.4, 0.5) is 10.5 Å². The first-order chi connectivity index (χ1) is 14.8. The lowest BCUT2D eigenvalue weighted by Gasteiger charge is -2.20. The van der Waals surface area contributed by atoms with E-state index in [2.05, 4.69) is 10.6 Å². The minimum Gasteiger partial charge on any atom is -0.496 e. The lowest BCUT2D eigenvalue weighted by Crippen LogP contribution is -2.29. The number of anilines is 1. The van der Waals surface area contributed by atoms with Crippen LogP contribution in [0.15, 0.2) is 11.6 Å². The minimum absolute atomic E-state index is 0.148. The number of hydrogen-bond acceptors (Lipinski definition) is 6. The van der Waals surface area contributed by atoms with E-state index in [4.69, 9.17) is 14.2 Å². The summed E-state index contributed by atoms with van der Waals surface area (Å²) < 4.78 is 16.0. The Morgan fingerprint density at radius 2 is 1.97 bits per heavy atom. The third-order valence-corrected chi connectivity index (χ3v) is 5.10. The quantitative estimate of drug-likeness (QED) is 0.427. The first kappa shape index (κ1) is 24.2. The highest BCUT2D eigenvalue weighted by molar-refractivity contribution is 6.05. The van der Waals surface area contributed by atoms with Crippen LogP contribution in [-0.2, 0) is 27.3 Å². The van der Waals surface area contributed by atoms with Crippen molar-refractivity contribution in [3.63, 3.8) is 0 Å². The van der Waals surface area contributed by atoms with Gasteiger partial charge in [0.25, 0.3) is 0 Å². The number of allylic oxidation sites excluding steroid dienone is 2. The fourth-order valence-corrected chi connectivity index (χ4v) is 3.47. The second-order valence-electron chi connectivity index (χ2n) is 7.40. The Bertz CT molecular complexity index is 876. The minimum atomic E-state index is -0.465. The van der Waals surface area contributed by atoms with Crippen LogP contribution in [0.5, 0.6) is 5.75 Å². The molecule has 1 aliphatic rings. The van der Waals surface area contributed by atoms with Crippen LogP contribution < -0.4 is 15.4 Å². The topological polar surface area (TPSA) is 103 Å². The average molecular weight is 433 g/mol. The maximum Gasteiger partial charge on any atom is 0.341 e. The molecule has 0 unspecified atom stereocenters. The number of rotatable bonds is 10. The van der Waals surface area contributed by atoms with Gasteiger partial charge in [0.2, 0.25) is 0 Å². The molecule has 0 aliphatic carbocycles. The molecule has 1 aromatic carbocycles. The van der Waals surface area contributed by atoms with Crippen molar-refractivity contribution in [3.8, 4) is 5.75 Å². The summed E-state index contributed by atoms with van der Waals surface area (Å²) in [6, 6.07) is -0.407. The number of carbonyl (C=O) groups excluding carboxylic acids is 3. The zero-order valence-electron chi connectivity index (χ0n) is 19.0. The molecule has 2 amide bonds. The van der Waals surface area contributed by atoms with Gasteiger partial charge in [-0.05, 0) is 45.6 Å². The standard InChI is InChI=1S/C23H32N2O6/c1-6-12-30-18(26)11-9-14(3)8-10-16-20(25-23(28)24-7-2)19-17(13-31-22(19)27)15(4)21(16)29-5/h8H,6-7,9-13H2,1-5H3,(H2,24,25,28). The predicted molar refractivity (Wildman–Crippen MR) is 117 cm³/mol. The summed E-state index contributed by atoms with van der Waals surface area (Å²) in [5.41, 5.74) is 3.99. The normalized spacial score (nSPS) is 12.8. The van der Waals surface area contributed by atoms with E-state index in [0.717, 1.165) is 23.1 Å². The number of carbonyl (C=O) groups is 3. The monoisotopic (exact) mass is 432 g/mol. The molecule has 2 N–H and O–H groups in total. The SMILES string of the molecule is CCCOC(=O)CCC(C)=CCc1c(NC(=O)NCC)c2c(c(C)c1OC)COC2=O. The second-order valence-corrected chi connectivity index (χ2v) is 7.40. The Balaban J connectivity index is 2.35. The van der Waals surface area contributed by atoms with Crippen LogP contribution in [0.1, 0.15) is 67.1 Å². The van der Waals surface area contributed by atoms with E-state index in [1.54, 1.807) is 7.11 Å². The van der Waals surface area contributed by atoms with Crippen LogP contribution in [0.3, 0.4) is 0 Å². The van der Waals surface area contributed by atoms with E-state index in [9.17, 15) is 14.4 Å². The molecular weight excluding hydrogens is 400 g/mol. The highest BCUT2D eigenvalue weighted by Crippen LogP contribution is 2.41. The second kappa shape index (κ2) is 11.4. The van der Waals surface area contributed by atoms with Crippen LogP contribution in [0.25, 0.3) is 0 Å². The molecule has 2 rings (SSSR count). The van der Waals surface area contributed by atoms with Crippen LogP contribution in [0.2, 0.25) is 0 Å². The van der Waals surface area contributed by atoms with Crippen molar-refractivity contribution in [2.45, 2.75) is 60.0 Å². The first-order valence-corrected chi connectivity index (χ1v) is 10.6. The van der Waals surface area contributed by atoms with Gasteiger partial charge in [-0.25, -0.2) is 9.59 Å². The molecular formula is C23H32N2O6. The highest BCUT2D eigenvalue weighted by atomic mass is 16.5. The number of cyclic esters (lactones) is 1. The molecule has 0 saturated heterocycles. The fraction of sp³-hybridized carbons (Fsp3) is 0.522. The van der Waals surface area contributed by atoms with E-state index in [0.29, 0.717) is 55.0 Å². The number of nitrogens with one attached hydrogen (secondary N) is 2. The maximum atomic E-state index is 12.4. The lowest BCUT2D eigenvalue weighted by molar-refractivity contribution is -0.143. The van der Waals surface area contributed by atoms with Gasteiger partial charge in [-0.3, -0.25) is 4.79 Å². The van der Waals surface area contributed by atoms with Crippen molar-refractivity contribution in [3.05, 3.63) is 33.9 Å². The lowest BCUT2D eigenvalue weighted by atomic mass is 9.93. The van der Waals surface area contributed by atoms with Crippen LogP contribution in [-0.4, -0.2) is 38.2 Å². The number of methoxy groups -OCH3 is 1. The van der Waals surface area contributed by atoms with Crippen molar-refractivity contribution in [2.75, 3.05) is 25.6 Å². The number of urea groups is 1. The van der Waals surface area contributed by atoms with Crippen molar-refractivity contribution < 1.29 is 28.6 Å². The van der Waals surface area contributed by atoms with Gasteiger partial charge in [-0.1, -0.05) is 18.6 Å². The summed E-state index contributed by atoms with van der Waals surface area (Å²) in [5, 5.41) is 5.49. The number of ether oxygens (including phenoxy) is 3. The number of amides is 2. The van der Waals surface area contributed by atoms with Gasteiger partial charge in [0.1, 0.15) is 12.4 Å². The third-order valence-electron chi connectivity index (χ3n) is 5.10. The molecule has 0 aromatic heterocycles. The predicted octanol–water partition coefficient (Wildman–Crippen LogP) is 4.04. The Kier molecular flexibility index (Phi) is 8.90. The molecule has 31 heavy (non-hydrogen) atoms. The number of hydrogen-bond donors (Lipinski definition) is 2. The Morgan fingerprint density at radius 3 is 2.61 bits per heavy atom. The highest BCUT2D eigenvalue weighted by Gasteiger charge is 2.32. The molecule has 8 heteroatoms. The largest absolute Gasteiger partial charge is 0.496 e. The maximum absolute atomic E-state index is 12.4. The molecule has 1 aliphatic heterocycles. The molecule has 1 heterocycles. The fourth-order valence-electron chi connectivity index (χ4n) is 3.47. The van der Waals surface area contributed by atoms with Crippen LogP contribution in [0, 0.1) is 6.92 Å². The zero-order chi connectivity index (χ0) is 23.0.